The number of thioether (sulfide) groups is 1. The Morgan fingerprint density at radius 1 is 1.05 bits per heavy atom. The second-order valence-corrected chi connectivity index (χ2v) is 5.73. The molecule has 2 aromatic carbocycles. The van der Waals surface area contributed by atoms with Gasteiger partial charge in [0.2, 0.25) is 0 Å². The third kappa shape index (κ3) is 4.10. The monoisotopic (exact) mass is 282 g/mol. The Hall–Kier alpha value is -1.80. The molecule has 0 saturated heterocycles. The Morgan fingerprint density at radius 3 is 2.25 bits per heavy atom. The van der Waals surface area contributed by atoms with Crippen molar-refractivity contribution in [3.05, 3.63) is 84.4 Å². The van der Waals surface area contributed by atoms with Gasteiger partial charge in [-0.25, -0.2) is 0 Å². The molecule has 1 unspecified atom stereocenters. The van der Waals surface area contributed by atoms with Crippen LogP contribution in [0.3, 0.4) is 0 Å². The van der Waals surface area contributed by atoms with Gasteiger partial charge in [-0.3, -0.25) is 4.79 Å². The summed E-state index contributed by atoms with van der Waals surface area (Å²) in [6, 6.07) is 19.7. The van der Waals surface area contributed by atoms with Crippen LogP contribution in [-0.4, -0.2) is 11.0 Å². The van der Waals surface area contributed by atoms with Crippen molar-refractivity contribution in [3.8, 4) is 0 Å². The number of rotatable bonds is 7. The Bertz CT molecular complexity index is 548. The molecule has 0 amide bonds. The Kier molecular flexibility index (Phi) is 5.63. The van der Waals surface area contributed by atoms with Crippen molar-refractivity contribution in [1.82, 2.24) is 0 Å². The van der Waals surface area contributed by atoms with Crippen LogP contribution in [0.5, 0.6) is 0 Å². The molecule has 0 bridgehead atoms. The second-order valence-electron chi connectivity index (χ2n) is 4.54. The van der Waals surface area contributed by atoms with Crippen molar-refractivity contribution < 1.29 is 4.79 Å². The minimum absolute atomic E-state index is 0.0601. The number of hydrogen-bond acceptors (Lipinski definition) is 2. The van der Waals surface area contributed by atoms with Crippen molar-refractivity contribution in [2.75, 3.05) is 0 Å². The highest BCUT2D eigenvalue weighted by Gasteiger charge is 2.19. The number of allylic oxidation sites excluding steroid dienone is 1. The van der Waals surface area contributed by atoms with E-state index < -0.39 is 0 Å². The van der Waals surface area contributed by atoms with Crippen molar-refractivity contribution >= 4 is 17.5 Å². The van der Waals surface area contributed by atoms with Gasteiger partial charge >= 0.3 is 0 Å². The second kappa shape index (κ2) is 7.71. The maximum Gasteiger partial charge on any atom is 0.176 e. The van der Waals surface area contributed by atoms with Gasteiger partial charge < -0.3 is 0 Å². The molecule has 0 N–H and O–H groups in total. The van der Waals surface area contributed by atoms with Gasteiger partial charge in [0.1, 0.15) is 0 Å². The van der Waals surface area contributed by atoms with Gasteiger partial charge in [-0.15, -0.1) is 18.3 Å². The molecule has 0 aliphatic carbocycles. The number of carbonyl (C=O) groups excluding carboxylic acids is 1. The summed E-state index contributed by atoms with van der Waals surface area (Å²) in [4.78, 5) is 12.5. The molecule has 0 saturated carbocycles. The quantitative estimate of drug-likeness (QED) is 0.538. The summed E-state index contributed by atoms with van der Waals surface area (Å²) >= 11 is 1.68. The van der Waals surface area contributed by atoms with E-state index in [1.165, 1.54) is 5.56 Å². The van der Waals surface area contributed by atoms with Crippen molar-refractivity contribution in [3.63, 3.8) is 0 Å². The topological polar surface area (TPSA) is 17.1 Å². The summed E-state index contributed by atoms with van der Waals surface area (Å²) in [5, 5.41) is -0.0601. The summed E-state index contributed by atoms with van der Waals surface area (Å²) in [5.41, 5.74) is 2.02. The third-order valence-corrected chi connectivity index (χ3v) is 4.33. The van der Waals surface area contributed by atoms with Crippen molar-refractivity contribution in [1.29, 1.82) is 0 Å². The summed E-state index contributed by atoms with van der Waals surface area (Å²) in [6.45, 7) is 3.77. The lowest BCUT2D eigenvalue weighted by molar-refractivity contribution is 0.0990. The predicted molar refractivity (Wildman–Crippen MR) is 87.1 cm³/mol. The zero-order valence-electron chi connectivity index (χ0n) is 11.4. The molecular formula is C18H18OS. The lowest BCUT2D eigenvalue weighted by Gasteiger charge is -2.13. The molecule has 0 heterocycles. The van der Waals surface area contributed by atoms with E-state index in [1.807, 2.05) is 54.6 Å². The van der Waals surface area contributed by atoms with Gasteiger partial charge in [0.15, 0.2) is 5.78 Å². The van der Waals surface area contributed by atoms with Gasteiger partial charge in [-0.2, -0.15) is 0 Å². The van der Waals surface area contributed by atoms with Crippen LogP contribution in [0.1, 0.15) is 22.3 Å². The molecule has 2 rings (SSSR count). The van der Waals surface area contributed by atoms with Gasteiger partial charge in [0, 0.05) is 11.3 Å². The highest BCUT2D eigenvalue weighted by Crippen LogP contribution is 2.24. The molecule has 0 aliphatic heterocycles. The van der Waals surface area contributed by atoms with E-state index in [0.29, 0.717) is 6.42 Å². The van der Waals surface area contributed by atoms with E-state index in [0.717, 1.165) is 11.3 Å². The number of benzene rings is 2. The minimum Gasteiger partial charge on any atom is -0.293 e. The fraction of sp³-hybridized carbons (Fsp3) is 0.167. The zero-order valence-corrected chi connectivity index (χ0v) is 12.2. The highest BCUT2D eigenvalue weighted by molar-refractivity contribution is 7.99. The van der Waals surface area contributed by atoms with E-state index >= 15 is 0 Å². The lowest BCUT2D eigenvalue weighted by Crippen LogP contribution is -2.17. The van der Waals surface area contributed by atoms with Crippen LogP contribution < -0.4 is 0 Å². The van der Waals surface area contributed by atoms with Gasteiger partial charge in [-0.1, -0.05) is 66.7 Å². The summed E-state index contributed by atoms with van der Waals surface area (Å²) < 4.78 is 0. The van der Waals surface area contributed by atoms with Crippen molar-refractivity contribution in [2.24, 2.45) is 0 Å². The van der Waals surface area contributed by atoms with Crippen LogP contribution in [0.25, 0.3) is 0 Å². The highest BCUT2D eigenvalue weighted by atomic mass is 32.2. The molecule has 0 fully saturated rings. The first-order chi connectivity index (χ1) is 9.81. The molecule has 20 heavy (non-hydrogen) atoms. The van der Waals surface area contributed by atoms with E-state index in [1.54, 1.807) is 11.8 Å². The predicted octanol–water partition coefficient (Wildman–Crippen LogP) is 4.75. The van der Waals surface area contributed by atoms with Crippen LogP contribution >= 0.6 is 11.8 Å². The van der Waals surface area contributed by atoms with E-state index in [-0.39, 0.29) is 11.0 Å². The molecular weight excluding hydrogens is 264 g/mol. The number of Topliss-reactive ketones (excluding diaryl/α,β-unsaturated/α-hetero) is 1. The Morgan fingerprint density at radius 2 is 1.65 bits per heavy atom. The molecule has 0 radical (unpaired) electrons. The largest absolute Gasteiger partial charge is 0.293 e. The van der Waals surface area contributed by atoms with Crippen molar-refractivity contribution in [2.45, 2.75) is 17.4 Å². The first kappa shape index (κ1) is 14.6. The standard InChI is InChI=1S/C18H18OS/c1-2-9-17(18(19)16-12-7-4-8-13-16)20-14-15-10-5-3-6-11-15/h2-8,10-13,17H,1,9,14H2. The Balaban J connectivity index is 2.03. The average molecular weight is 282 g/mol. The summed E-state index contributed by atoms with van der Waals surface area (Å²) in [7, 11) is 0. The smallest absolute Gasteiger partial charge is 0.176 e. The molecule has 2 heteroatoms. The molecule has 0 aromatic heterocycles. The fourth-order valence-electron chi connectivity index (χ4n) is 1.96. The number of hydrogen-bond donors (Lipinski definition) is 0. The minimum atomic E-state index is -0.0601. The van der Waals surface area contributed by atoms with E-state index in [2.05, 4.69) is 18.7 Å². The van der Waals surface area contributed by atoms with Crippen LogP contribution in [0.4, 0.5) is 0 Å². The lowest BCUT2D eigenvalue weighted by atomic mass is 10.1. The van der Waals surface area contributed by atoms with Crippen LogP contribution in [-0.2, 0) is 5.75 Å². The van der Waals surface area contributed by atoms with Gasteiger partial charge in [0.05, 0.1) is 5.25 Å². The van der Waals surface area contributed by atoms with Crippen LogP contribution in [0.2, 0.25) is 0 Å². The molecule has 0 aliphatic rings. The molecule has 0 spiro atoms. The zero-order chi connectivity index (χ0) is 14.2. The Labute approximate surface area is 124 Å². The average Bonchev–Trinajstić information content (AvgIpc) is 2.52. The van der Waals surface area contributed by atoms with Crippen LogP contribution in [0, 0.1) is 0 Å². The molecule has 102 valence electrons. The normalized spacial score (nSPS) is 11.8. The molecule has 1 atom stereocenters. The number of carbonyl (C=O) groups is 1. The first-order valence-corrected chi connectivity index (χ1v) is 7.72. The van der Waals surface area contributed by atoms with E-state index in [4.69, 9.17) is 0 Å². The molecule has 2 aromatic rings. The maximum absolute atomic E-state index is 12.5. The molecule has 1 nitrogen and oxygen atoms in total. The summed E-state index contributed by atoms with van der Waals surface area (Å²) in [5.74, 6) is 1.03. The SMILES string of the molecule is C=CCC(SCc1ccccc1)C(=O)c1ccccc1. The van der Waals surface area contributed by atoms with Gasteiger partial charge in [0.25, 0.3) is 0 Å². The van der Waals surface area contributed by atoms with E-state index in [9.17, 15) is 4.79 Å². The van der Waals surface area contributed by atoms with Gasteiger partial charge in [-0.05, 0) is 12.0 Å². The van der Waals surface area contributed by atoms with Crippen LogP contribution in [0.15, 0.2) is 73.3 Å². The number of ketones is 1. The third-order valence-electron chi connectivity index (χ3n) is 3.03. The maximum atomic E-state index is 12.5. The first-order valence-electron chi connectivity index (χ1n) is 6.67. The summed E-state index contributed by atoms with van der Waals surface area (Å²) in [6.07, 6.45) is 2.52. The fourth-order valence-corrected chi connectivity index (χ4v) is 3.11.